The Morgan fingerprint density at radius 1 is 1.16 bits per heavy atom. The molecular weight excluding hydrogens is 399 g/mol. The molecule has 166 valence electrons. The molecule has 2 aliphatic rings. The fourth-order valence-electron chi connectivity index (χ4n) is 4.36. The number of hydrogen-bond acceptors (Lipinski definition) is 5. The molecule has 31 heavy (non-hydrogen) atoms. The molecule has 0 unspecified atom stereocenters. The van der Waals surface area contributed by atoms with Crippen molar-refractivity contribution in [3.8, 4) is 17.2 Å². The summed E-state index contributed by atoms with van der Waals surface area (Å²) in [5.41, 5.74) is 1.53. The Morgan fingerprint density at radius 3 is 2.48 bits per heavy atom. The van der Waals surface area contributed by atoms with Crippen LogP contribution in [0.15, 0.2) is 36.4 Å². The fourth-order valence-corrected chi connectivity index (χ4v) is 4.36. The maximum Gasteiger partial charge on any atom is 0.231 e. The Kier molecular flexibility index (Phi) is 6.32. The summed E-state index contributed by atoms with van der Waals surface area (Å²) in [5, 5.41) is 3.14. The lowest BCUT2D eigenvalue weighted by molar-refractivity contribution is -0.121. The number of halogens is 1. The second kappa shape index (κ2) is 9.14. The summed E-state index contributed by atoms with van der Waals surface area (Å²) in [5.74, 6) is 1.93. The molecule has 1 fully saturated rings. The highest BCUT2D eigenvalue weighted by Crippen LogP contribution is 2.40. The van der Waals surface area contributed by atoms with Crippen LogP contribution < -0.4 is 19.5 Å². The molecule has 0 saturated carbocycles. The second-order valence-electron chi connectivity index (χ2n) is 8.21. The van der Waals surface area contributed by atoms with Crippen LogP contribution in [0.25, 0.3) is 0 Å². The monoisotopic (exact) mass is 428 g/mol. The average molecular weight is 429 g/mol. The second-order valence-corrected chi connectivity index (χ2v) is 8.21. The number of hydrogen-bond donors (Lipinski definition) is 1. The number of nitrogens with one attached hydrogen (secondary N) is 1. The molecule has 1 N–H and O–H groups in total. The molecule has 0 spiro atoms. The molecule has 2 aliphatic heterocycles. The molecule has 1 amide bonds. The first-order valence-electron chi connectivity index (χ1n) is 10.8. The largest absolute Gasteiger partial charge is 0.493 e. The van der Waals surface area contributed by atoms with Gasteiger partial charge in [-0.25, -0.2) is 4.39 Å². The van der Waals surface area contributed by atoms with Crippen molar-refractivity contribution in [1.82, 2.24) is 10.2 Å². The predicted molar refractivity (Wildman–Crippen MR) is 115 cm³/mol. The van der Waals surface area contributed by atoms with Crippen molar-refractivity contribution in [2.24, 2.45) is 0 Å². The molecule has 0 atom stereocenters. The summed E-state index contributed by atoms with van der Waals surface area (Å²) < 4.78 is 30.5. The number of benzene rings is 2. The smallest absolute Gasteiger partial charge is 0.231 e. The molecule has 7 heteroatoms. The van der Waals surface area contributed by atoms with Crippen LogP contribution >= 0.6 is 0 Å². The van der Waals surface area contributed by atoms with Gasteiger partial charge in [-0.3, -0.25) is 9.69 Å². The van der Waals surface area contributed by atoms with Gasteiger partial charge in [0.15, 0.2) is 11.5 Å². The molecule has 6 nitrogen and oxygen atoms in total. The molecule has 2 heterocycles. The maximum atomic E-state index is 13.4. The van der Waals surface area contributed by atoms with E-state index in [9.17, 15) is 9.18 Å². The summed E-state index contributed by atoms with van der Waals surface area (Å²) in [7, 11) is 0. The fraction of sp³-hybridized carbons (Fsp3) is 0.458. The lowest BCUT2D eigenvalue weighted by Crippen LogP contribution is -2.52. The summed E-state index contributed by atoms with van der Waals surface area (Å²) in [6, 6.07) is 10.4. The first-order valence-corrected chi connectivity index (χ1v) is 10.8. The van der Waals surface area contributed by atoms with Gasteiger partial charge < -0.3 is 19.5 Å². The third-order valence-corrected chi connectivity index (χ3v) is 5.93. The van der Waals surface area contributed by atoms with Crippen LogP contribution in [0.3, 0.4) is 0 Å². The van der Waals surface area contributed by atoms with Crippen LogP contribution in [0.5, 0.6) is 17.2 Å². The number of carbonyl (C=O) groups excluding carboxylic acids is 1. The van der Waals surface area contributed by atoms with Crippen molar-refractivity contribution in [2.75, 3.05) is 26.5 Å². The van der Waals surface area contributed by atoms with Gasteiger partial charge in [0, 0.05) is 38.2 Å². The Bertz CT molecular complexity index is 924. The van der Waals surface area contributed by atoms with Crippen molar-refractivity contribution >= 4 is 5.91 Å². The van der Waals surface area contributed by atoms with E-state index >= 15 is 0 Å². The van der Waals surface area contributed by atoms with Crippen molar-refractivity contribution in [2.45, 2.75) is 45.2 Å². The number of fused-ring (bicyclic) bond motifs is 1. The van der Waals surface area contributed by atoms with E-state index < -0.39 is 5.54 Å². The third-order valence-electron chi connectivity index (χ3n) is 5.93. The summed E-state index contributed by atoms with van der Waals surface area (Å²) in [6.07, 6.45) is 2.41. The molecule has 0 radical (unpaired) electrons. The van der Waals surface area contributed by atoms with Crippen LogP contribution in [0.1, 0.15) is 44.2 Å². The van der Waals surface area contributed by atoms with Crippen molar-refractivity contribution in [3.05, 3.63) is 53.3 Å². The molecule has 0 aliphatic carbocycles. The number of rotatable bonds is 7. The van der Waals surface area contributed by atoms with E-state index in [1.54, 1.807) is 12.1 Å². The highest BCUT2D eigenvalue weighted by molar-refractivity contribution is 5.74. The predicted octanol–water partition coefficient (Wildman–Crippen LogP) is 3.97. The quantitative estimate of drug-likeness (QED) is 0.723. The minimum Gasteiger partial charge on any atom is -0.493 e. The van der Waals surface area contributed by atoms with Crippen LogP contribution in [-0.4, -0.2) is 37.3 Å². The topological polar surface area (TPSA) is 60.0 Å². The molecule has 4 rings (SSSR count). The molecule has 2 aromatic rings. The number of likely N-dealkylation sites (tertiary alicyclic amines) is 1. The van der Waals surface area contributed by atoms with Gasteiger partial charge in [-0.1, -0.05) is 19.1 Å². The SMILES string of the molecule is CCCOc1cc2c(cc1CN1CCC(NC(C)=O)(c3ccc(F)cc3)CC1)OCO2. The Balaban J connectivity index is 1.50. The molecule has 0 bridgehead atoms. The van der Waals surface area contributed by atoms with Crippen molar-refractivity contribution in [1.29, 1.82) is 0 Å². The zero-order valence-corrected chi connectivity index (χ0v) is 18.1. The van der Waals surface area contributed by atoms with Gasteiger partial charge in [0.1, 0.15) is 11.6 Å². The van der Waals surface area contributed by atoms with E-state index in [1.807, 2.05) is 12.1 Å². The van der Waals surface area contributed by atoms with E-state index in [0.29, 0.717) is 6.61 Å². The van der Waals surface area contributed by atoms with E-state index in [1.165, 1.54) is 19.1 Å². The van der Waals surface area contributed by atoms with Gasteiger partial charge in [-0.2, -0.15) is 0 Å². The van der Waals surface area contributed by atoms with Gasteiger partial charge >= 0.3 is 0 Å². The Labute approximate surface area is 182 Å². The normalized spacial score (nSPS) is 17.4. The molecule has 0 aromatic heterocycles. The number of piperidine rings is 1. The van der Waals surface area contributed by atoms with Crippen molar-refractivity contribution in [3.63, 3.8) is 0 Å². The van der Waals surface area contributed by atoms with Crippen LogP contribution in [-0.2, 0) is 16.9 Å². The molecule has 1 saturated heterocycles. The first-order chi connectivity index (χ1) is 15.0. The van der Waals surface area contributed by atoms with E-state index in [0.717, 1.165) is 67.3 Å². The number of carbonyl (C=O) groups is 1. The number of nitrogens with zero attached hydrogens (tertiary/aromatic N) is 1. The lowest BCUT2D eigenvalue weighted by atomic mass is 9.80. The zero-order valence-electron chi connectivity index (χ0n) is 18.1. The van der Waals surface area contributed by atoms with E-state index in [4.69, 9.17) is 14.2 Å². The first kappa shape index (κ1) is 21.4. The van der Waals surface area contributed by atoms with Gasteiger partial charge in [-0.15, -0.1) is 0 Å². The van der Waals surface area contributed by atoms with Gasteiger partial charge in [-0.05, 0) is 43.0 Å². The van der Waals surface area contributed by atoms with Crippen molar-refractivity contribution < 1.29 is 23.4 Å². The third kappa shape index (κ3) is 4.77. The minimum atomic E-state index is -0.480. The van der Waals surface area contributed by atoms with Crippen LogP contribution in [0.2, 0.25) is 0 Å². The van der Waals surface area contributed by atoms with Gasteiger partial charge in [0.25, 0.3) is 0 Å². The van der Waals surface area contributed by atoms with Gasteiger partial charge in [0.05, 0.1) is 12.1 Å². The van der Waals surface area contributed by atoms with Crippen LogP contribution in [0, 0.1) is 5.82 Å². The standard InChI is InChI=1S/C24H29FN2O4/c1-3-12-29-21-14-23-22(30-16-31-23)13-18(21)15-27-10-8-24(9-11-27,26-17(2)28)19-4-6-20(25)7-5-19/h4-7,13-14H,3,8-12,15-16H2,1-2H3,(H,26,28). The maximum absolute atomic E-state index is 13.4. The molecular formula is C24H29FN2O4. The van der Waals surface area contributed by atoms with Crippen LogP contribution in [0.4, 0.5) is 4.39 Å². The molecule has 2 aromatic carbocycles. The summed E-state index contributed by atoms with van der Waals surface area (Å²) >= 11 is 0. The van der Waals surface area contributed by atoms with Gasteiger partial charge in [0.2, 0.25) is 12.7 Å². The zero-order chi connectivity index (χ0) is 21.8. The summed E-state index contributed by atoms with van der Waals surface area (Å²) in [4.78, 5) is 14.3. The number of ether oxygens (including phenoxy) is 3. The number of amides is 1. The highest BCUT2D eigenvalue weighted by atomic mass is 19.1. The Morgan fingerprint density at radius 2 is 1.84 bits per heavy atom. The average Bonchev–Trinajstić information content (AvgIpc) is 3.21. The Hall–Kier alpha value is -2.80. The summed E-state index contributed by atoms with van der Waals surface area (Å²) in [6.45, 7) is 6.78. The van der Waals surface area contributed by atoms with E-state index in [-0.39, 0.29) is 18.5 Å². The highest BCUT2D eigenvalue weighted by Gasteiger charge is 2.37. The lowest BCUT2D eigenvalue weighted by Gasteiger charge is -2.42. The van der Waals surface area contributed by atoms with E-state index in [2.05, 4.69) is 17.1 Å². The minimum absolute atomic E-state index is 0.0798.